The lowest BCUT2D eigenvalue weighted by Gasteiger charge is -2.32. The Morgan fingerprint density at radius 1 is 1.20 bits per heavy atom. The second-order valence-electron chi connectivity index (χ2n) is 9.17. The summed E-state index contributed by atoms with van der Waals surface area (Å²) in [5.74, 6) is -0.191. The molecular formula is C27H28ClFN4O2. The van der Waals surface area contributed by atoms with Crippen LogP contribution in [0.25, 0.3) is 11.1 Å². The van der Waals surface area contributed by atoms with Gasteiger partial charge in [-0.2, -0.15) is 5.26 Å². The van der Waals surface area contributed by atoms with Crippen molar-refractivity contribution in [3.63, 3.8) is 0 Å². The van der Waals surface area contributed by atoms with Gasteiger partial charge >= 0.3 is 0 Å². The molecule has 1 N–H and O–H groups in total. The number of nitrogens with zero attached hydrogens (tertiary/aromatic N) is 4. The Balaban J connectivity index is 1.37. The fourth-order valence-electron chi connectivity index (χ4n) is 4.41. The zero-order valence-corrected chi connectivity index (χ0v) is 20.8. The van der Waals surface area contributed by atoms with Gasteiger partial charge in [-0.15, -0.1) is 0 Å². The molecule has 1 aliphatic rings. The number of benzene rings is 2. The maximum Gasteiger partial charge on any atom is 0.165 e. The van der Waals surface area contributed by atoms with E-state index in [1.807, 2.05) is 49.9 Å². The fourth-order valence-corrected chi connectivity index (χ4v) is 4.61. The van der Waals surface area contributed by atoms with Gasteiger partial charge in [-0.1, -0.05) is 17.7 Å². The first-order valence-electron chi connectivity index (χ1n) is 11.5. The number of halogens is 2. The molecule has 0 aliphatic carbocycles. The molecule has 1 fully saturated rings. The second kappa shape index (κ2) is 10.2. The molecule has 2 heterocycles. The molecule has 182 valence electrons. The number of pyridine rings is 1. The van der Waals surface area contributed by atoms with E-state index >= 15 is 0 Å². The van der Waals surface area contributed by atoms with E-state index < -0.39 is 17.6 Å². The van der Waals surface area contributed by atoms with Crippen LogP contribution < -0.4 is 9.64 Å². The third-order valence-electron chi connectivity index (χ3n) is 6.63. The van der Waals surface area contributed by atoms with E-state index in [1.54, 1.807) is 24.5 Å². The van der Waals surface area contributed by atoms with Crippen LogP contribution in [-0.2, 0) is 0 Å². The topological polar surface area (TPSA) is 72.6 Å². The Hall–Kier alpha value is -3.18. The lowest BCUT2D eigenvalue weighted by atomic mass is 10.0. The Kier molecular flexibility index (Phi) is 7.27. The SMILES string of the molecule is Cc1c(N2CN(CCCOc3ccc(-c4ccncc4)cc3F)C(C)(C)C2O)ccc(C#N)c1Cl. The molecule has 0 spiro atoms. The second-order valence-corrected chi connectivity index (χ2v) is 9.55. The standard InChI is InChI=1S/C27H28ClFN4O2/c1-18-23(7-5-21(16-30)25(18)28)33-17-32(27(2,3)26(33)34)13-4-14-35-24-8-6-20(15-22(24)29)19-9-11-31-12-10-19/h5-12,15,26,34H,4,13-14,17H2,1-3H3. The zero-order chi connectivity index (χ0) is 25.2. The third kappa shape index (κ3) is 4.96. The van der Waals surface area contributed by atoms with E-state index in [9.17, 15) is 14.8 Å². The van der Waals surface area contributed by atoms with Crippen molar-refractivity contribution in [2.75, 3.05) is 24.7 Å². The highest BCUT2D eigenvalue weighted by Gasteiger charge is 2.45. The molecule has 1 unspecified atom stereocenters. The number of nitriles is 1. The van der Waals surface area contributed by atoms with Crippen LogP contribution in [0, 0.1) is 24.1 Å². The van der Waals surface area contributed by atoms with Crippen molar-refractivity contribution in [2.45, 2.75) is 39.0 Å². The highest BCUT2D eigenvalue weighted by atomic mass is 35.5. The van der Waals surface area contributed by atoms with Gasteiger partial charge < -0.3 is 14.7 Å². The summed E-state index contributed by atoms with van der Waals surface area (Å²) in [6, 6.07) is 14.2. The van der Waals surface area contributed by atoms with E-state index in [-0.39, 0.29) is 5.75 Å². The first-order valence-corrected chi connectivity index (χ1v) is 11.8. The Morgan fingerprint density at radius 2 is 1.94 bits per heavy atom. The van der Waals surface area contributed by atoms with Gasteiger partial charge in [0.2, 0.25) is 0 Å². The van der Waals surface area contributed by atoms with Crippen molar-refractivity contribution in [3.05, 3.63) is 76.8 Å². The Bertz CT molecular complexity index is 1250. The molecule has 0 saturated carbocycles. The van der Waals surface area contributed by atoms with Gasteiger partial charge in [-0.05, 0) is 80.3 Å². The van der Waals surface area contributed by atoms with Crippen molar-refractivity contribution in [1.29, 1.82) is 5.26 Å². The highest BCUT2D eigenvalue weighted by molar-refractivity contribution is 6.32. The lowest BCUT2D eigenvalue weighted by Crippen LogP contribution is -2.47. The number of aliphatic hydroxyl groups is 1. The molecule has 2 aromatic carbocycles. The monoisotopic (exact) mass is 494 g/mol. The number of hydrogen-bond acceptors (Lipinski definition) is 6. The average Bonchev–Trinajstić information content (AvgIpc) is 3.08. The van der Waals surface area contributed by atoms with Crippen LogP contribution >= 0.6 is 11.6 Å². The first kappa shape index (κ1) is 24.9. The normalized spacial score (nSPS) is 17.4. The van der Waals surface area contributed by atoms with Crippen LogP contribution in [0.4, 0.5) is 10.1 Å². The zero-order valence-electron chi connectivity index (χ0n) is 20.0. The van der Waals surface area contributed by atoms with Gasteiger partial charge in [0.05, 0.1) is 29.4 Å². The molecule has 0 amide bonds. The van der Waals surface area contributed by atoms with E-state index in [0.717, 1.165) is 22.4 Å². The van der Waals surface area contributed by atoms with Gasteiger partial charge in [0.15, 0.2) is 11.6 Å². The number of hydrogen-bond donors (Lipinski definition) is 1. The summed E-state index contributed by atoms with van der Waals surface area (Å²) in [6.07, 6.45) is 3.24. The van der Waals surface area contributed by atoms with Crippen molar-refractivity contribution in [1.82, 2.24) is 9.88 Å². The molecule has 0 radical (unpaired) electrons. The number of ether oxygens (including phenoxy) is 1. The van der Waals surface area contributed by atoms with Crippen molar-refractivity contribution < 1.29 is 14.2 Å². The van der Waals surface area contributed by atoms with Crippen LogP contribution in [0.2, 0.25) is 5.02 Å². The summed E-state index contributed by atoms with van der Waals surface area (Å²) in [5.41, 5.74) is 3.11. The quantitative estimate of drug-likeness (QED) is 0.445. The maximum absolute atomic E-state index is 14.6. The van der Waals surface area contributed by atoms with Crippen LogP contribution in [0.5, 0.6) is 5.75 Å². The van der Waals surface area contributed by atoms with Gasteiger partial charge in [-0.3, -0.25) is 9.88 Å². The summed E-state index contributed by atoms with van der Waals surface area (Å²) >= 11 is 6.36. The van der Waals surface area contributed by atoms with E-state index in [0.29, 0.717) is 36.8 Å². The van der Waals surface area contributed by atoms with Gasteiger partial charge in [0, 0.05) is 24.6 Å². The summed E-state index contributed by atoms with van der Waals surface area (Å²) < 4.78 is 20.3. The molecule has 4 rings (SSSR count). The number of rotatable bonds is 7. The van der Waals surface area contributed by atoms with Gasteiger partial charge in [-0.25, -0.2) is 4.39 Å². The average molecular weight is 495 g/mol. The van der Waals surface area contributed by atoms with E-state index in [2.05, 4.69) is 16.0 Å². The molecular weight excluding hydrogens is 467 g/mol. The molecule has 3 aromatic rings. The van der Waals surface area contributed by atoms with Crippen molar-refractivity contribution >= 4 is 17.3 Å². The third-order valence-corrected chi connectivity index (χ3v) is 7.12. The summed E-state index contributed by atoms with van der Waals surface area (Å²) in [4.78, 5) is 8.04. The van der Waals surface area contributed by atoms with Gasteiger partial charge in [0.25, 0.3) is 0 Å². The first-order chi connectivity index (χ1) is 16.7. The predicted molar refractivity (Wildman–Crippen MR) is 135 cm³/mol. The number of anilines is 1. The highest BCUT2D eigenvalue weighted by Crippen LogP contribution is 2.38. The van der Waals surface area contributed by atoms with Crippen molar-refractivity contribution in [3.8, 4) is 22.9 Å². The summed E-state index contributed by atoms with van der Waals surface area (Å²) in [5, 5.41) is 20.7. The predicted octanol–water partition coefficient (Wildman–Crippen LogP) is 5.37. The minimum Gasteiger partial charge on any atom is -0.490 e. The van der Waals surface area contributed by atoms with Crippen molar-refractivity contribution in [2.24, 2.45) is 0 Å². The largest absolute Gasteiger partial charge is 0.490 e. The molecule has 8 heteroatoms. The minimum atomic E-state index is -0.760. The Morgan fingerprint density at radius 3 is 2.63 bits per heavy atom. The summed E-state index contributed by atoms with van der Waals surface area (Å²) in [7, 11) is 0. The van der Waals surface area contributed by atoms with Crippen LogP contribution in [0.3, 0.4) is 0 Å². The van der Waals surface area contributed by atoms with Crippen LogP contribution in [-0.4, -0.2) is 46.6 Å². The molecule has 1 atom stereocenters. The molecule has 1 aliphatic heterocycles. The molecule has 6 nitrogen and oxygen atoms in total. The maximum atomic E-state index is 14.6. The number of aliphatic hydroxyl groups excluding tert-OH is 1. The van der Waals surface area contributed by atoms with E-state index in [1.165, 1.54) is 6.07 Å². The molecule has 1 saturated heterocycles. The fraction of sp³-hybridized carbons (Fsp3) is 0.333. The lowest BCUT2D eigenvalue weighted by molar-refractivity contribution is 0.0525. The molecule has 35 heavy (non-hydrogen) atoms. The Labute approximate surface area is 210 Å². The molecule has 0 bridgehead atoms. The van der Waals surface area contributed by atoms with E-state index in [4.69, 9.17) is 16.3 Å². The van der Waals surface area contributed by atoms with Crippen LogP contribution in [0.1, 0.15) is 31.4 Å². The molecule has 1 aromatic heterocycles. The van der Waals surface area contributed by atoms with Crippen LogP contribution in [0.15, 0.2) is 54.9 Å². The number of aromatic nitrogens is 1. The minimum absolute atomic E-state index is 0.216. The van der Waals surface area contributed by atoms with Gasteiger partial charge in [0.1, 0.15) is 12.3 Å². The summed E-state index contributed by atoms with van der Waals surface area (Å²) in [6.45, 7) is 7.30. The smallest absolute Gasteiger partial charge is 0.165 e.